The van der Waals surface area contributed by atoms with Crippen molar-refractivity contribution in [3.05, 3.63) is 58.1 Å². The molecule has 19 heavy (non-hydrogen) atoms. The number of benzene rings is 2. The highest BCUT2D eigenvalue weighted by Gasteiger charge is 2.17. The average Bonchev–Trinajstić information content (AvgIpc) is 2.27. The van der Waals surface area contributed by atoms with Crippen LogP contribution in [0.3, 0.4) is 0 Å². The Morgan fingerprint density at radius 3 is 2.37 bits per heavy atom. The van der Waals surface area contributed by atoms with Crippen molar-refractivity contribution in [3.8, 4) is 0 Å². The highest BCUT2D eigenvalue weighted by Crippen LogP contribution is 2.23. The molecule has 0 aliphatic heterocycles. The van der Waals surface area contributed by atoms with Gasteiger partial charge >= 0.3 is 0 Å². The minimum absolute atomic E-state index is 0.0294. The van der Waals surface area contributed by atoms with Gasteiger partial charge in [-0.3, -0.25) is 4.21 Å². The van der Waals surface area contributed by atoms with Crippen LogP contribution >= 0.6 is 15.9 Å². The molecule has 2 aromatic rings. The Balaban J connectivity index is 2.31. The lowest BCUT2D eigenvalue weighted by Crippen LogP contribution is -2.04. The standard InChI is InChI=1S/C13H10BrF2NOS/c14-9-3-1-2-8(4-9)7-19(18)13-11(15)5-10(17)6-12(13)16/h1-6H,7,17H2. The summed E-state index contributed by atoms with van der Waals surface area (Å²) in [5, 5.41) is 0. The predicted molar refractivity (Wildman–Crippen MR) is 75.0 cm³/mol. The molecule has 0 aliphatic rings. The van der Waals surface area contributed by atoms with Gasteiger partial charge in [-0.05, 0) is 29.8 Å². The molecule has 0 radical (unpaired) electrons. The van der Waals surface area contributed by atoms with Crippen LogP contribution in [0.15, 0.2) is 45.8 Å². The number of nitrogen functional groups attached to an aromatic ring is 1. The Morgan fingerprint density at radius 2 is 1.79 bits per heavy atom. The molecule has 2 aromatic carbocycles. The minimum atomic E-state index is -1.80. The van der Waals surface area contributed by atoms with Crippen LogP contribution in [-0.2, 0) is 16.6 Å². The zero-order valence-electron chi connectivity index (χ0n) is 9.70. The maximum absolute atomic E-state index is 13.6. The molecule has 1 unspecified atom stereocenters. The number of nitrogens with two attached hydrogens (primary N) is 1. The third kappa shape index (κ3) is 3.39. The van der Waals surface area contributed by atoms with Crippen LogP contribution in [0.1, 0.15) is 5.56 Å². The van der Waals surface area contributed by atoms with E-state index >= 15 is 0 Å². The van der Waals surface area contributed by atoms with Gasteiger partial charge < -0.3 is 5.73 Å². The van der Waals surface area contributed by atoms with Crippen molar-refractivity contribution in [2.75, 3.05) is 5.73 Å². The van der Waals surface area contributed by atoms with Crippen molar-refractivity contribution < 1.29 is 13.0 Å². The molecule has 0 aliphatic carbocycles. The number of hydrogen-bond donors (Lipinski definition) is 1. The molecule has 0 aromatic heterocycles. The number of hydrogen-bond acceptors (Lipinski definition) is 2. The van der Waals surface area contributed by atoms with Crippen LogP contribution in [0.2, 0.25) is 0 Å². The van der Waals surface area contributed by atoms with E-state index in [1.54, 1.807) is 18.2 Å². The summed E-state index contributed by atoms with van der Waals surface area (Å²) < 4.78 is 40.1. The summed E-state index contributed by atoms with van der Waals surface area (Å²) in [4.78, 5) is -0.436. The Labute approximate surface area is 120 Å². The van der Waals surface area contributed by atoms with Crippen molar-refractivity contribution >= 4 is 32.4 Å². The molecule has 0 fully saturated rings. The lowest BCUT2D eigenvalue weighted by atomic mass is 10.2. The second kappa shape index (κ2) is 5.79. The Bertz CT molecular complexity index is 625. The zero-order chi connectivity index (χ0) is 14.0. The first-order valence-electron chi connectivity index (χ1n) is 5.34. The molecule has 6 heteroatoms. The van der Waals surface area contributed by atoms with Crippen LogP contribution in [0.25, 0.3) is 0 Å². The van der Waals surface area contributed by atoms with E-state index in [0.717, 1.165) is 22.2 Å². The maximum atomic E-state index is 13.6. The van der Waals surface area contributed by atoms with Gasteiger partial charge in [0, 0.05) is 10.2 Å². The summed E-state index contributed by atoms with van der Waals surface area (Å²) >= 11 is 3.28. The summed E-state index contributed by atoms with van der Waals surface area (Å²) in [5.41, 5.74) is 6.01. The fourth-order valence-corrected chi connectivity index (χ4v) is 3.27. The van der Waals surface area contributed by atoms with Crippen molar-refractivity contribution in [2.24, 2.45) is 0 Å². The van der Waals surface area contributed by atoms with E-state index in [2.05, 4.69) is 15.9 Å². The van der Waals surface area contributed by atoms with Gasteiger partial charge in [0.05, 0.1) is 16.6 Å². The molecule has 0 spiro atoms. The largest absolute Gasteiger partial charge is 0.399 e. The number of rotatable bonds is 3. The van der Waals surface area contributed by atoms with Crippen LogP contribution in [0, 0.1) is 11.6 Å². The summed E-state index contributed by atoms with van der Waals surface area (Å²) in [6.45, 7) is 0. The Hall–Kier alpha value is -1.27. The van der Waals surface area contributed by atoms with Crippen LogP contribution in [-0.4, -0.2) is 4.21 Å². The lowest BCUT2D eigenvalue weighted by molar-refractivity contribution is 0.535. The minimum Gasteiger partial charge on any atom is -0.399 e. The summed E-state index contributed by atoms with van der Waals surface area (Å²) in [7, 11) is -1.80. The fourth-order valence-electron chi connectivity index (χ4n) is 1.65. The SMILES string of the molecule is Nc1cc(F)c(S(=O)Cc2cccc(Br)c2)c(F)c1. The topological polar surface area (TPSA) is 43.1 Å². The number of halogens is 3. The smallest absolute Gasteiger partial charge is 0.144 e. The van der Waals surface area contributed by atoms with Gasteiger partial charge in [0.15, 0.2) is 0 Å². The van der Waals surface area contributed by atoms with E-state index in [9.17, 15) is 13.0 Å². The quantitative estimate of drug-likeness (QED) is 0.863. The molecule has 0 heterocycles. The molecule has 100 valence electrons. The average molecular weight is 346 g/mol. The van der Waals surface area contributed by atoms with Crippen molar-refractivity contribution in [1.82, 2.24) is 0 Å². The first kappa shape index (κ1) is 14.1. The molecular formula is C13H10BrF2NOS. The van der Waals surface area contributed by atoms with E-state index < -0.39 is 27.3 Å². The van der Waals surface area contributed by atoms with Gasteiger partial charge in [0.2, 0.25) is 0 Å². The highest BCUT2D eigenvalue weighted by atomic mass is 79.9. The molecule has 0 saturated heterocycles. The first-order chi connectivity index (χ1) is 8.97. The van der Waals surface area contributed by atoms with E-state index in [0.29, 0.717) is 0 Å². The molecule has 0 saturated carbocycles. The monoisotopic (exact) mass is 345 g/mol. The van der Waals surface area contributed by atoms with E-state index in [1.807, 2.05) is 6.07 Å². The van der Waals surface area contributed by atoms with Gasteiger partial charge in [0.25, 0.3) is 0 Å². The molecule has 0 amide bonds. The summed E-state index contributed by atoms with van der Waals surface area (Å²) in [6, 6.07) is 9.03. The highest BCUT2D eigenvalue weighted by molar-refractivity contribution is 9.10. The maximum Gasteiger partial charge on any atom is 0.144 e. The van der Waals surface area contributed by atoms with E-state index in [-0.39, 0.29) is 11.4 Å². The number of anilines is 1. The van der Waals surface area contributed by atoms with E-state index in [1.165, 1.54) is 0 Å². The van der Waals surface area contributed by atoms with Crippen LogP contribution in [0.4, 0.5) is 14.5 Å². The molecule has 0 bridgehead atoms. The van der Waals surface area contributed by atoms with Gasteiger partial charge in [-0.1, -0.05) is 28.1 Å². The normalized spacial score (nSPS) is 12.4. The van der Waals surface area contributed by atoms with Crippen molar-refractivity contribution in [1.29, 1.82) is 0 Å². The van der Waals surface area contributed by atoms with Crippen molar-refractivity contribution in [2.45, 2.75) is 10.6 Å². The Kier molecular flexibility index (Phi) is 4.31. The molecule has 2 nitrogen and oxygen atoms in total. The predicted octanol–water partition coefficient (Wildman–Crippen LogP) is 3.62. The zero-order valence-corrected chi connectivity index (χ0v) is 12.1. The van der Waals surface area contributed by atoms with Crippen LogP contribution in [0.5, 0.6) is 0 Å². The first-order valence-corrected chi connectivity index (χ1v) is 7.46. The Morgan fingerprint density at radius 1 is 1.16 bits per heavy atom. The third-order valence-corrected chi connectivity index (χ3v) is 4.37. The van der Waals surface area contributed by atoms with Gasteiger partial charge in [-0.25, -0.2) is 8.78 Å². The molecular weight excluding hydrogens is 336 g/mol. The summed E-state index contributed by atoms with van der Waals surface area (Å²) in [6.07, 6.45) is 0. The molecule has 1 atom stereocenters. The van der Waals surface area contributed by atoms with Crippen molar-refractivity contribution in [3.63, 3.8) is 0 Å². The summed E-state index contributed by atoms with van der Waals surface area (Å²) in [5.74, 6) is -1.73. The van der Waals surface area contributed by atoms with Crippen LogP contribution < -0.4 is 5.73 Å². The van der Waals surface area contributed by atoms with E-state index in [4.69, 9.17) is 5.73 Å². The second-order valence-electron chi connectivity index (χ2n) is 3.93. The van der Waals surface area contributed by atoms with Gasteiger partial charge in [-0.2, -0.15) is 0 Å². The lowest BCUT2D eigenvalue weighted by Gasteiger charge is -2.07. The third-order valence-electron chi connectivity index (χ3n) is 2.44. The second-order valence-corrected chi connectivity index (χ2v) is 6.24. The fraction of sp³-hybridized carbons (Fsp3) is 0.0769. The molecule has 2 N–H and O–H groups in total. The van der Waals surface area contributed by atoms with Gasteiger partial charge in [0.1, 0.15) is 16.5 Å². The molecule has 2 rings (SSSR count). The van der Waals surface area contributed by atoms with Gasteiger partial charge in [-0.15, -0.1) is 0 Å².